The van der Waals surface area contributed by atoms with Crippen molar-refractivity contribution in [1.82, 2.24) is 15.2 Å². The molecule has 0 aliphatic carbocycles. The number of likely N-dealkylation sites (N-methyl/N-ethyl adjacent to an activating group) is 1. The minimum Gasteiger partial charge on any atom is -0.497 e. The van der Waals surface area contributed by atoms with Crippen LogP contribution < -0.4 is 10.1 Å². The van der Waals surface area contributed by atoms with E-state index in [1.165, 1.54) is 0 Å². The number of methoxy groups -OCH3 is 1. The molecule has 1 aromatic heterocycles. The molecule has 0 aromatic carbocycles. The minimum absolute atomic E-state index is 0. The van der Waals surface area contributed by atoms with Crippen molar-refractivity contribution in [3.63, 3.8) is 0 Å². The van der Waals surface area contributed by atoms with Gasteiger partial charge in [-0.25, -0.2) is 0 Å². The van der Waals surface area contributed by atoms with E-state index in [-0.39, 0.29) is 42.3 Å². The lowest BCUT2D eigenvalue weighted by Gasteiger charge is -2.29. The number of hydrogen-bond acceptors (Lipinski definition) is 6. The van der Waals surface area contributed by atoms with Crippen LogP contribution in [0.1, 0.15) is 25.0 Å². The molecular formula is C17H27Cl2N3O3. The third-order valence-corrected chi connectivity index (χ3v) is 4.86. The van der Waals surface area contributed by atoms with Crippen LogP contribution in [0, 0.1) is 5.41 Å². The van der Waals surface area contributed by atoms with Crippen molar-refractivity contribution in [2.45, 2.75) is 31.9 Å². The summed E-state index contributed by atoms with van der Waals surface area (Å²) in [6.07, 6.45) is 4.36. The van der Waals surface area contributed by atoms with Gasteiger partial charge < -0.3 is 14.8 Å². The Hall–Kier alpha value is -1.08. The number of cyclic esters (lactones) is 1. The SMILES string of the molecule is COc1ccnc(CN(C)CC2CC3(CCNCC3)C(=O)O2)c1.Cl.Cl. The lowest BCUT2D eigenvalue weighted by Crippen LogP contribution is -2.39. The van der Waals surface area contributed by atoms with Gasteiger partial charge in [-0.15, -0.1) is 24.8 Å². The number of rotatable bonds is 5. The molecule has 142 valence electrons. The van der Waals surface area contributed by atoms with Crippen molar-refractivity contribution >= 4 is 30.8 Å². The van der Waals surface area contributed by atoms with Gasteiger partial charge in [-0.1, -0.05) is 0 Å². The number of hydrogen-bond donors (Lipinski definition) is 1. The molecule has 1 spiro atoms. The fraction of sp³-hybridized carbons (Fsp3) is 0.647. The van der Waals surface area contributed by atoms with E-state index in [9.17, 15) is 4.79 Å². The maximum Gasteiger partial charge on any atom is 0.312 e. The van der Waals surface area contributed by atoms with Gasteiger partial charge >= 0.3 is 5.97 Å². The molecule has 3 heterocycles. The van der Waals surface area contributed by atoms with Crippen molar-refractivity contribution < 1.29 is 14.3 Å². The largest absolute Gasteiger partial charge is 0.497 e. The second kappa shape index (κ2) is 9.57. The molecule has 6 nitrogen and oxygen atoms in total. The van der Waals surface area contributed by atoms with Gasteiger partial charge in [0.05, 0.1) is 18.2 Å². The van der Waals surface area contributed by atoms with E-state index >= 15 is 0 Å². The average molecular weight is 392 g/mol. The molecule has 1 atom stereocenters. The van der Waals surface area contributed by atoms with Gasteiger partial charge in [-0.05, 0) is 39.0 Å². The Kier molecular flexibility index (Phi) is 8.41. The van der Waals surface area contributed by atoms with Crippen LogP contribution in [0.5, 0.6) is 5.75 Å². The average Bonchev–Trinajstić information content (AvgIpc) is 2.83. The molecule has 2 aliphatic heterocycles. The third kappa shape index (κ3) is 5.20. The maximum atomic E-state index is 12.3. The molecule has 0 radical (unpaired) electrons. The molecule has 0 amide bonds. The first kappa shape index (κ1) is 22.0. The Labute approximate surface area is 161 Å². The zero-order valence-corrected chi connectivity index (χ0v) is 16.3. The van der Waals surface area contributed by atoms with Gasteiger partial charge in [0, 0.05) is 31.8 Å². The summed E-state index contributed by atoms with van der Waals surface area (Å²) in [5.74, 6) is 0.807. The normalized spacial score (nSPS) is 21.4. The molecule has 2 saturated heterocycles. The summed E-state index contributed by atoms with van der Waals surface area (Å²) in [6.45, 7) is 3.26. The standard InChI is InChI=1S/C17H25N3O3.2ClH/c1-20(11-13-9-14(22-2)3-6-19-13)12-15-10-17(16(21)23-15)4-7-18-8-5-17;;/h3,6,9,15,18H,4-5,7-8,10-12H2,1-2H3;2*1H. The number of pyridine rings is 1. The number of aromatic nitrogens is 1. The molecule has 0 saturated carbocycles. The lowest BCUT2D eigenvalue weighted by molar-refractivity contribution is -0.150. The van der Waals surface area contributed by atoms with Crippen LogP contribution in [-0.2, 0) is 16.1 Å². The van der Waals surface area contributed by atoms with Gasteiger partial charge in [0.15, 0.2) is 0 Å². The van der Waals surface area contributed by atoms with Crippen molar-refractivity contribution in [2.24, 2.45) is 5.41 Å². The van der Waals surface area contributed by atoms with Crippen LogP contribution in [0.15, 0.2) is 18.3 Å². The molecule has 0 bridgehead atoms. The summed E-state index contributed by atoms with van der Waals surface area (Å²) in [4.78, 5) is 18.8. The Morgan fingerprint density at radius 3 is 2.80 bits per heavy atom. The third-order valence-electron chi connectivity index (χ3n) is 4.86. The second-order valence-corrected chi connectivity index (χ2v) is 6.65. The quantitative estimate of drug-likeness (QED) is 0.774. The van der Waals surface area contributed by atoms with Crippen molar-refractivity contribution in [3.05, 3.63) is 24.0 Å². The number of piperidine rings is 1. The smallest absolute Gasteiger partial charge is 0.312 e. The fourth-order valence-electron chi connectivity index (χ4n) is 3.61. The van der Waals surface area contributed by atoms with E-state index in [2.05, 4.69) is 15.2 Å². The van der Waals surface area contributed by atoms with E-state index in [1.807, 2.05) is 19.2 Å². The van der Waals surface area contributed by atoms with Crippen LogP contribution >= 0.6 is 24.8 Å². The number of ether oxygens (including phenoxy) is 2. The highest BCUT2D eigenvalue weighted by Gasteiger charge is 2.49. The van der Waals surface area contributed by atoms with E-state index in [0.717, 1.165) is 50.3 Å². The van der Waals surface area contributed by atoms with E-state index in [4.69, 9.17) is 9.47 Å². The van der Waals surface area contributed by atoms with Crippen LogP contribution in [0.3, 0.4) is 0 Å². The first-order valence-corrected chi connectivity index (χ1v) is 8.20. The molecule has 1 N–H and O–H groups in total. The molecule has 2 aliphatic rings. The van der Waals surface area contributed by atoms with Crippen molar-refractivity contribution in [2.75, 3.05) is 33.8 Å². The Morgan fingerprint density at radius 2 is 2.12 bits per heavy atom. The zero-order chi connectivity index (χ0) is 16.3. The van der Waals surface area contributed by atoms with Crippen molar-refractivity contribution in [1.29, 1.82) is 0 Å². The summed E-state index contributed by atoms with van der Waals surface area (Å²) >= 11 is 0. The Balaban J connectivity index is 0.00000156. The van der Waals surface area contributed by atoms with Gasteiger partial charge in [0.1, 0.15) is 11.9 Å². The van der Waals surface area contributed by atoms with Gasteiger partial charge in [0.25, 0.3) is 0 Å². The zero-order valence-electron chi connectivity index (χ0n) is 14.7. The monoisotopic (exact) mass is 391 g/mol. The molecular weight excluding hydrogens is 365 g/mol. The summed E-state index contributed by atoms with van der Waals surface area (Å²) in [5, 5.41) is 3.32. The highest BCUT2D eigenvalue weighted by atomic mass is 35.5. The molecule has 1 aromatic rings. The Bertz CT molecular complexity index is 568. The predicted octanol–water partition coefficient (Wildman–Crippen LogP) is 2.05. The molecule has 8 heteroatoms. The first-order chi connectivity index (χ1) is 11.1. The summed E-state index contributed by atoms with van der Waals surface area (Å²) in [5.41, 5.74) is 0.707. The maximum absolute atomic E-state index is 12.3. The predicted molar refractivity (Wildman–Crippen MR) is 101 cm³/mol. The topological polar surface area (TPSA) is 63.7 Å². The lowest BCUT2D eigenvalue weighted by atomic mass is 9.76. The van der Waals surface area contributed by atoms with Crippen LogP contribution in [0.2, 0.25) is 0 Å². The Morgan fingerprint density at radius 1 is 1.40 bits per heavy atom. The highest BCUT2D eigenvalue weighted by molar-refractivity contribution is 5.85. The van der Waals surface area contributed by atoms with Crippen LogP contribution in [0.25, 0.3) is 0 Å². The van der Waals surface area contributed by atoms with Gasteiger partial charge in [-0.2, -0.15) is 0 Å². The summed E-state index contributed by atoms with van der Waals surface area (Å²) in [7, 11) is 3.68. The molecule has 1 unspecified atom stereocenters. The number of nitrogens with zero attached hydrogens (tertiary/aromatic N) is 2. The second-order valence-electron chi connectivity index (χ2n) is 6.65. The van der Waals surface area contributed by atoms with Crippen LogP contribution in [0.4, 0.5) is 0 Å². The number of nitrogens with one attached hydrogen (secondary N) is 1. The summed E-state index contributed by atoms with van der Waals surface area (Å²) in [6, 6.07) is 3.77. The number of esters is 1. The van der Waals surface area contributed by atoms with E-state index < -0.39 is 0 Å². The van der Waals surface area contributed by atoms with Gasteiger partial charge in [-0.3, -0.25) is 14.7 Å². The minimum atomic E-state index is -0.245. The van der Waals surface area contributed by atoms with Crippen LogP contribution in [-0.4, -0.2) is 55.7 Å². The number of halogens is 2. The van der Waals surface area contributed by atoms with E-state index in [1.54, 1.807) is 13.3 Å². The molecule has 2 fully saturated rings. The summed E-state index contributed by atoms with van der Waals surface area (Å²) < 4.78 is 10.9. The fourth-order valence-corrected chi connectivity index (χ4v) is 3.61. The highest BCUT2D eigenvalue weighted by Crippen LogP contribution is 2.41. The van der Waals surface area contributed by atoms with Crippen molar-refractivity contribution in [3.8, 4) is 5.75 Å². The molecule has 25 heavy (non-hydrogen) atoms. The van der Waals surface area contributed by atoms with Gasteiger partial charge in [0.2, 0.25) is 0 Å². The number of carbonyl (C=O) groups is 1. The molecule has 3 rings (SSSR count). The van der Waals surface area contributed by atoms with E-state index in [0.29, 0.717) is 6.54 Å². The number of carbonyl (C=O) groups excluding carboxylic acids is 1. The first-order valence-electron chi connectivity index (χ1n) is 8.20.